The Bertz CT molecular complexity index is 3950. The highest BCUT2D eigenvalue weighted by molar-refractivity contribution is 7.35. The summed E-state index contributed by atoms with van der Waals surface area (Å²) in [6.45, 7) is 16.7. The zero-order valence-corrected chi connectivity index (χ0v) is 44.9. The van der Waals surface area contributed by atoms with E-state index in [1.807, 2.05) is 18.2 Å². The lowest BCUT2D eigenvalue weighted by atomic mass is 9.36. The van der Waals surface area contributed by atoms with Crippen LogP contribution in [0.25, 0.3) is 30.6 Å². The highest BCUT2D eigenvalue weighted by Gasteiger charge is 2.47. The van der Waals surface area contributed by atoms with E-state index in [1.54, 1.807) is 40.9 Å². The van der Waals surface area contributed by atoms with Crippen molar-refractivity contribution in [1.82, 2.24) is 0 Å². The Morgan fingerprint density at radius 2 is 1.05 bits per heavy atom. The molecule has 10 heteroatoms. The zero-order chi connectivity index (χ0) is 55.1. The van der Waals surface area contributed by atoms with Gasteiger partial charge < -0.3 is 9.80 Å². The number of aryl methyl sites for hydroxylation is 1. The van der Waals surface area contributed by atoms with Crippen LogP contribution in [0.15, 0.2) is 158 Å². The zero-order valence-electron chi connectivity index (χ0n) is 46.3. The highest BCUT2D eigenvalue weighted by atomic mass is 32.1. The molecule has 0 N–H and O–H groups in total. The molecule has 2 aliphatic rings. The monoisotopic (exact) mass is 1030 g/mol. The number of benzene rings is 8. The number of fused-ring (bicyclic) bond motifs is 8. The summed E-state index contributed by atoms with van der Waals surface area (Å²) in [7, 11) is 0. The summed E-state index contributed by atoms with van der Waals surface area (Å²) < 4.78 is 95.1. The first-order valence-electron chi connectivity index (χ1n) is 26.8. The average molecular weight is 1030 g/mol. The van der Waals surface area contributed by atoms with Gasteiger partial charge >= 0.3 is 0 Å². The van der Waals surface area contributed by atoms with Crippen LogP contribution in [-0.2, 0) is 16.2 Å². The van der Waals surface area contributed by atoms with E-state index in [9.17, 15) is 0 Å². The van der Waals surface area contributed by atoms with Gasteiger partial charge in [-0.1, -0.05) is 135 Å². The topological polar surface area (TPSA) is 9.72 Å². The Morgan fingerprint density at radius 3 is 1.59 bits per heavy atom. The fourth-order valence-electron chi connectivity index (χ4n) is 11.3. The fourth-order valence-corrected chi connectivity index (χ4v) is 14.2. The van der Waals surface area contributed by atoms with E-state index in [2.05, 4.69) is 157 Å². The summed E-state index contributed by atoms with van der Waals surface area (Å²) >= 11 is 3.35. The maximum atomic E-state index is 16.2. The number of nitrogens with zero attached hydrogens (tertiary/aromatic N) is 3. The molecule has 0 spiro atoms. The fraction of sp³-hybridized carbons (Fsp3) is 0.200. The maximum absolute atomic E-state index is 16.2. The Hall–Kier alpha value is -7.14. The number of anilines is 9. The van der Waals surface area contributed by atoms with Gasteiger partial charge in [0.2, 0.25) is 0 Å². The molecule has 0 saturated carbocycles. The highest BCUT2D eigenvalue weighted by Crippen LogP contribution is 2.53. The molecule has 0 fully saturated rings. The third kappa shape index (κ3) is 7.89. The Labute approximate surface area is 449 Å². The molecule has 0 saturated heterocycles. The molecule has 8 aromatic carbocycles. The SMILES string of the molecule is [2H]C([2H])([2H])c1cc2c3c(c1)N(c1ccc(C(C)(C)C)cc1)c1c(sc4ccc(N(c5c(F)cccc5F)c5c(F)cccc5F)cc14)B3c1c(ccc3c(C(C)(C)C)c(-c4ccccc4)sc13)N2c1ccc(C(C)(C)C)cc1. The molecule has 0 radical (unpaired) electrons. The number of hydrogen-bond donors (Lipinski definition) is 0. The minimum atomic E-state index is -2.55. The quantitative estimate of drug-likeness (QED) is 0.121. The first kappa shape index (κ1) is 45.3. The Kier molecular flexibility index (Phi) is 10.5. The standard InChI is InChI=1S/C65H56BF4N3S2/c1-37-34-51-55-52(35-37)72(42-28-24-40(25-29-42)64(5,6)7)57-45-36-43(73(58-46(67)18-14-19-47(58)68)59-48(69)20-15-21-49(59)70)30-33-53(45)74-62(57)66(55)56-50(71(51)41-26-22-39(23-27-41)63(2,3)4)32-31-44-54(65(8,9)10)60(75-61(44)56)38-16-12-11-13-17-38/h11-36H,1-10H3/i1D3. The van der Waals surface area contributed by atoms with Crippen LogP contribution in [0.1, 0.15) is 88.7 Å². The molecule has 0 unspecified atom stereocenters. The minimum absolute atomic E-state index is 0.110. The van der Waals surface area contributed by atoms with Crippen molar-refractivity contribution in [3.05, 3.63) is 203 Å². The lowest BCUT2D eigenvalue weighted by Gasteiger charge is -2.43. The van der Waals surface area contributed by atoms with Crippen LogP contribution in [0.2, 0.25) is 0 Å². The summed E-state index contributed by atoms with van der Waals surface area (Å²) in [5.74, 6) is -4.04. The van der Waals surface area contributed by atoms with E-state index >= 15 is 17.6 Å². The molecule has 10 aromatic rings. The number of hydrogen-bond acceptors (Lipinski definition) is 5. The van der Waals surface area contributed by atoms with Crippen molar-refractivity contribution < 1.29 is 21.7 Å². The average Bonchev–Trinajstić information content (AvgIpc) is 2.49. The third-order valence-electron chi connectivity index (χ3n) is 14.8. The van der Waals surface area contributed by atoms with Gasteiger partial charge in [0.25, 0.3) is 6.71 Å². The molecule has 2 aromatic heterocycles. The third-order valence-corrected chi connectivity index (χ3v) is 17.3. The molecule has 4 heterocycles. The number of rotatable bonds is 6. The molecule has 3 nitrogen and oxygen atoms in total. The molecular formula is C65H56BF4N3S2. The summed E-state index contributed by atoms with van der Waals surface area (Å²) in [5, 5.41) is 1.76. The van der Waals surface area contributed by atoms with Crippen LogP contribution < -0.4 is 30.4 Å². The van der Waals surface area contributed by atoms with E-state index in [0.717, 1.165) is 110 Å². The molecule has 374 valence electrons. The van der Waals surface area contributed by atoms with Crippen LogP contribution in [0, 0.1) is 30.1 Å². The van der Waals surface area contributed by atoms with Crippen molar-refractivity contribution in [2.24, 2.45) is 0 Å². The van der Waals surface area contributed by atoms with Crippen molar-refractivity contribution in [1.29, 1.82) is 0 Å². The first-order valence-corrected chi connectivity index (χ1v) is 26.9. The predicted octanol–water partition coefficient (Wildman–Crippen LogP) is 18.1. The van der Waals surface area contributed by atoms with E-state index < -0.39 is 48.2 Å². The van der Waals surface area contributed by atoms with Crippen molar-refractivity contribution in [3.63, 3.8) is 0 Å². The predicted molar refractivity (Wildman–Crippen MR) is 312 cm³/mol. The molecule has 0 aliphatic carbocycles. The van der Waals surface area contributed by atoms with Gasteiger partial charge in [0.05, 0.1) is 5.69 Å². The largest absolute Gasteiger partial charge is 0.311 e. The van der Waals surface area contributed by atoms with Crippen molar-refractivity contribution >= 4 is 116 Å². The van der Waals surface area contributed by atoms with Gasteiger partial charge in [-0.05, 0) is 152 Å². The van der Waals surface area contributed by atoms with Gasteiger partial charge in [-0.2, -0.15) is 0 Å². The number of halogens is 4. The summed E-state index contributed by atoms with van der Waals surface area (Å²) in [6.07, 6.45) is 0. The van der Waals surface area contributed by atoms with Crippen LogP contribution in [0.3, 0.4) is 0 Å². The van der Waals surface area contributed by atoms with Crippen molar-refractivity contribution in [2.75, 3.05) is 14.7 Å². The molecule has 12 rings (SSSR count). The van der Waals surface area contributed by atoms with Gasteiger partial charge in [-0.25, -0.2) is 17.6 Å². The lowest BCUT2D eigenvalue weighted by Crippen LogP contribution is -2.60. The minimum Gasteiger partial charge on any atom is -0.311 e. The molecule has 0 amide bonds. The normalized spacial score (nSPS) is 14.1. The molecule has 75 heavy (non-hydrogen) atoms. The second-order valence-corrected chi connectivity index (χ2v) is 25.0. The Morgan fingerprint density at radius 1 is 0.507 bits per heavy atom. The summed E-state index contributed by atoms with van der Waals surface area (Å²) in [4.78, 5) is 6.51. The van der Waals surface area contributed by atoms with Crippen LogP contribution in [0.5, 0.6) is 0 Å². The maximum Gasteiger partial charge on any atom is 0.266 e. The van der Waals surface area contributed by atoms with E-state index in [-0.39, 0.29) is 27.5 Å². The van der Waals surface area contributed by atoms with Crippen LogP contribution >= 0.6 is 22.7 Å². The van der Waals surface area contributed by atoms with E-state index in [4.69, 9.17) is 4.11 Å². The van der Waals surface area contributed by atoms with Gasteiger partial charge in [0.1, 0.15) is 34.6 Å². The van der Waals surface area contributed by atoms with Crippen LogP contribution in [-0.4, -0.2) is 6.71 Å². The van der Waals surface area contributed by atoms with E-state index in [0.29, 0.717) is 11.1 Å². The number of para-hydroxylation sites is 2. The lowest BCUT2D eigenvalue weighted by molar-refractivity contribution is 0.570. The molecular weight excluding hydrogens is 974 g/mol. The summed E-state index contributed by atoms with van der Waals surface area (Å²) in [5.41, 5.74) is 9.53. The van der Waals surface area contributed by atoms with Gasteiger partial charge in [0.15, 0.2) is 0 Å². The molecule has 0 atom stereocenters. The smallest absolute Gasteiger partial charge is 0.266 e. The number of thiophene rings is 2. The van der Waals surface area contributed by atoms with Gasteiger partial charge in [-0.3, -0.25) is 4.90 Å². The van der Waals surface area contributed by atoms with Gasteiger partial charge in [0, 0.05) is 62.7 Å². The van der Waals surface area contributed by atoms with Crippen molar-refractivity contribution in [2.45, 2.75) is 85.4 Å². The first-order chi connectivity index (χ1) is 36.9. The van der Waals surface area contributed by atoms with E-state index in [1.165, 1.54) is 17.7 Å². The van der Waals surface area contributed by atoms with Crippen molar-refractivity contribution in [3.8, 4) is 10.4 Å². The molecule has 2 aliphatic heterocycles. The van der Waals surface area contributed by atoms with Gasteiger partial charge in [-0.15, -0.1) is 22.7 Å². The second-order valence-electron chi connectivity index (χ2n) is 22.9. The van der Waals surface area contributed by atoms with Crippen LogP contribution in [0.4, 0.5) is 68.7 Å². The Balaban J connectivity index is 1.24. The summed E-state index contributed by atoms with van der Waals surface area (Å²) in [6, 6.07) is 47.4. The second kappa shape index (κ2) is 17.5. The molecule has 0 bridgehead atoms.